The molecular formula is C10H22N2S. The van der Waals surface area contributed by atoms with E-state index in [-0.39, 0.29) is 0 Å². The number of likely N-dealkylation sites (tertiary alicyclic amines) is 1. The lowest BCUT2D eigenvalue weighted by atomic mass is 10.1. The smallest absolute Gasteiger partial charge is 0.00914 e. The Hall–Kier alpha value is 0.270. The fraction of sp³-hybridized carbons (Fsp3) is 1.00. The molecule has 0 aliphatic carbocycles. The molecule has 1 fully saturated rings. The Balaban J connectivity index is 1.96. The first-order valence-corrected chi connectivity index (χ1v) is 6.63. The zero-order chi connectivity index (χ0) is 9.52. The maximum atomic E-state index is 3.64. The molecule has 2 nitrogen and oxygen atoms in total. The minimum Gasteiger partial charge on any atom is -0.314 e. The lowest BCUT2D eigenvalue weighted by Gasteiger charge is -2.29. The quantitative estimate of drug-likeness (QED) is 0.679. The SMILES string of the molecule is CSCCCNC1CCN(C)CC1. The summed E-state index contributed by atoms with van der Waals surface area (Å²) in [5, 5.41) is 3.64. The minimum atomic E-state index is 0.790. The third kappa shape index (κ3) is 4.89. The van der Waals surface area contributed by atoms with Crippen molar-refractivity contribution in [1.82, 2.24) is 10.2 Å². The van der Waals surface area contributed by atoms with Crippen molar-refractivity contribution < 1.29 is 0 Å². The molecular weight excluding hydrogens is 180 g/mol. The van der Waals surface area contributed by atoms with Gasteiger partial charge in [-0.05, 0) is 58.0 Å². The molecule has 13 heavy (non-hydrogen) atoms. The predicted octanol–water partition coefficient (Wildman–Crippen LogP) is 1.42. The average molecular weight is 202 g/mol. The molecule has 1 aliphatic rings. The highest BCUT2D eigenvalue weighted by atomic mass is 32.2. The molecule has 1 heterocycles. The van der Waals surface area contributed by atoms with Crippen LogP contribution in [-0.2, 0) is 0 Å². The van der Waals surface area contributed by atoms with Gasteiger partial charge in [-0.2, -0.15) is 11.8 Å². The second kappa shape index (κ2) is 6.68. The maximum absolute atomic E-state index is 3.64. The van der Waals surface area contributed by atoms with Crippen LogP contribution in [0.1, 0.15) is 19.3 Å². The fourth-order valence-electron chi connectivity index (χ4n) is 1.74. The molecule has 78 valence electrons. The second-order valence-corrected chi connectivity index (χ2v) is 4.86. The molecule has 0 spiro atoms. The van der Waals surface area contributed by atoms with E-state index in [0.29, 0.717) is 0 Å². The van der Waals surface area contributed by atoms with E-state index in [1.807, 2.05) is 11.8 Å². The van der Waals surface area contributed by atoms with Crippen LogP contribution in [0.3, 0.4) is 0 Å². The number of thioether (sulfide) groups is 1. The monoisotopic (exact) mass is 202 g/mol. The Kier molecular flexibility index (Phi) is 5.83. The second-order valence-electron chi connectivity index (χ2n) is 3.88. The third-order valence-corrected chi connectivity index (χ3v) is 3.37. The lowest BCUT2D eigenvalue weighted by Crippen LogP contribution is -2.41. The van der Waals surface area contributed by atoms with E-state index in [2.05, 4.69) is 23.5 Å². The highest BCUT2D eigenvalue weighted by Crippen LogP contribution is 2.08. The first kappa shape index (κ1) is 11.3. The first-order valence-electron chi connectivity index (χ1n) is 5.24. The topological polar surface area (TPSA) is 15.3 Å². The Morgan fingerprint density at radius 1 is 1.38 bits per heavy atom. The van der Waals surface area contributed by atoms with Gasteiger partial charge in [-0.15, -0.1) is 0 Å². The molecule has 0 atom stereocenters. The summed E-state index contributed by atoms with van der Waals surface area (Å²) in [6.07, 6.45) is 6.15. The summed E-state index contributed by atoms with van der Waals surface area (Å²) in [5.41, 5.74) is 0. The van der Waals surface area contributed by atoms with Gasteiger partial charge in [0.1, 0.15) is 0 Å². The zero-order valence-corrected chi connectivity index (χ0v) is 9.70. The van der Waals surface area contributed by atoms with Crippen LogP contribution in [-0.4, -0.2) is 49.6 Å². The van der Waals surface area contributed by atoms with Crippen LogP contribution in [0, 0.1) is 0 Å². The van der Waals surface area contributed by atoms with Gasteiger partial charge < -0.3 is 10.2 Å². The molecule has 0 unspecified atom stereocenters. The third-order valence-electron chi connectivity index (χ3n) is 2.68. The Morgan fingerprint density at radius 3 is 2.69 bits per heavy atom. The summed E-state index contributed by atoms with van der Waals surface area (Å²) >= 11 is 1.94. The van der Waals surface area contributed by atoms with E-state index < -0.39 is 0 Å². The molecule has 1 rings (SSSR count). The molecule has 0 radical (unpaired) electrons. The summed E-state index contributed by atoms with van der Waals surface area (Å²) in [5.74, 6) is 1.29. The zero-order valence-electron chi connectivity index (χ0n) is 8.88. The van der Waals surface area contributed by atoms with Gasteiger partial charge in [0.05, 0.1) is 0 Å². The molecule has 0 aromatic rings. The lowest BCUT2D eigenvalue weighted by molar-refractivity contribution is 0.235. The molecule has 0 bridgehead atoms. The normalized spacial score (nSPS) is 20.8. The van der Waals surface area contributed by atoms with E-state index in [1.54, 1.807) is 0 Å². The van der Waals surface area contributed by atoms with Gasteiger partial charge >= 0.3 is 0 Å². The van der Waals surface area contributed by atoms with Crippen molar-refractivity contribution in [3.63, 3.8) is 0 Å². The molecule has 0 saturated carbocycles. The number of hydrogen-bond donors (Lipinski definition) is 1. The van der Waals surface area contributed by atoms with E-state index in [4.69, 9.17) is 0 Å². The van der Waals surface area contributed by atoms with Crippen molar-refractivity contribution in [3.8, 4) is 0 Å². The molecule has 1 aliphatic heterocycles. The number of piperidine rings is 1. The average Bonchev–Trinajstić information content (AvgIpc) is 2.15. The summed E-state index contributed by atoms with van der Waals surface area (Å²) in [7, 11) is 2.21. The van der Waals surface area contributed by atoms with Crippen molar-refractivity contribution in [3.05, 3.63) is 0 Å². The van der Waals surface area contributed by atoms with Gasteiger partial charge in [-0.1, -0.05) is 0 Å². The van der Waals surface area contributed by atoms with Crippen molar-refractivity contribution in [1.29, 1.82) is 0 Å². The predicted molar refractivity (Wildman–Crippen MR) is 61.5 cm³/mol. The molecule has 1 N–H and O–H groups in total. The van der Waals surface area contributed by atoms with Crippen LogP contribution in [0.4, 0.5) is 0 Å². The molecule has 0 aromatic heterocycles. The highest BCUT2D eigenvalue weighted by Gasteiger charge is 2.14. The Bertz CT molecular complexity index is 122. The van der Waals surface area contributed by atoms with E-state index in [0.717, 1.165) is 6.04 Å². The Labute approximate surface area is 86.5 Å². The van der Waals surface area contributed by atoms with E-state index in [9.17, 15) is 0 Å². The van der Waals surface area contributed by atoms with Crippen LogP contribution in [0.5, 0.6) is 0 Å². The first-order chi connectivity index (χ1) is 6.33. The minimum absolute atomic E-state index is 0.790. The van der Waals surface area contributed by atoms with Crippen molar-refractivity contribution in [2.24, 2.45) is 0 Å². The van der Waals surface area contributed by atoms with Crippen molar-refractivity contribution in [2.45, 2.75) is 25.3 Å². The van der Waals surface area contributed by atoms with E-state index >= 15 is 0 Å². The van der Waals surface area contributed by atoms with Gasteiger partial charge in [0.25, 0.3) is 0 Å². The van der Waals surface area contributed by atoms with Crippen molar-refractivity contribution >= 4 is 11.8 Å². The fourth-order valence-corrected chi connectivity index (χ4v) is 2.17. The number of hydrogen-bond acceptors (Lipinski definition) is 3. The largest absolute Gasteiger partial charge is 0.314 e. The van der Waals surface area contributed by atoms with Crippen LogP contribution >= 0.6 is 11.8 Å². The van der Waals surface area contributed by atoms with Gasteiger partial charge in [-0.3, -0.25) is 0 Å². The van der Waals surface area contributed by atoms with E-state index in [1.165, 1.54) is 44.6 Å². The standard InChI is InChI=1S/C10H22N2S/c1-12-7-4-10(5-8-12)11-6-3-9-13-2/h10-11H,3-9H2,1-2H3. The van der Waals surface area contributed by atoms with Crippen LogP contribution in [0.15, 0.2) is 0 Å². The maximum Gasteiger partial charge on any atom is 0.00914 e. The number of nitrogens with zero attached hydrogens (tertiary/aromatic N) is 1. The van der Waals surface area contributed by atoms with Gasteiger partial charge in [-0.25, -0.2) is 0 Å². The van der Waals surface area contributed by atoms with Gasteiger partial charge in [0.15, 0.2) is 0 Å². The summed E-state index contributed by atoms with van der Waals surface area (Å²) in [6.45, 7) is 3.73. The van der Waals surface area contributed by atoms with Crippen LogP contribution in [0.25, 0.3) is 0 Å². The summed E-state index contributed by atoms with van der Waals surface area (Å²) < 4.78 is 0. The molecule has 1 saturated heterocycles. The molecule has 0 aromatic carbocycles. The van der Waals surface area contributed by atoms with Gasteiger partial charge in [0.2, 0.25) is 0 Å². The van der Waals surface area contributed by atoms with Gasteiger partial charge in [0, 0.05) is 6.04 Å². The van der Waals surface area contributed by atoms with Crippen LogP contribution in [0.2, 0.25) is 0 Å². The number of nitrogens with one attached hydrogen (secondary N) is 1. The number of rotatable bonds is 5. The van der Waals surface area contributed by atoms with Crippen molar-refractivity contribution in [2.75, 3.05) is 38.7 Å². The Morgan fingerprint density at radius 2 is 2.08 bits per heavy atom. The molecule has 3 heteroatoms. The summed E-state index contributed by atoms with van der Waals surface area (Å²) in [4.78, 5) is 2.42. The summed E-state index contributed by atoms with van der Waals surface area (Å²) in [6, 6.07) is 0.790. The molecule has 0 amide bonds. The highest BCUT2D eigenvalue weighted by molar-refractivity contribution is 7.98. The van der Waals surface area contributed by atoms with Crippen LogP contribution < -0.4 is 5.32 Å².